The van der Waals surface area contributed by atoms with Crippen LogP contribution in [0.5, 0.6) is 17.2 Å². The molecule has 28 heavy (non-hydrogen) atoms. The van der Waals surface area contributed by atoms with Gasteiger partial charge in [0.2, 0.25) is 11.7 Å². The Morgan fingerprint density at radius 2 is 1.46 bits per heavy atom. The Bertz CT molecular complexity index is 721. The first-order chi connectivity index (χ1) is 13.1. The van der Waals surface area contributed by atoms with Crippen LogP contribution >= 0.6 is 0 Å². The van der Waals surface area contributed by atoms with Crippen LogP contribution in [0.25, 0.3) is 0 Å². The quantitative estimate of drug-likeness (QED) is 0.812. The van der Waals surface area contributed by atoms with E-state index in [0.717, 1.165) is 0 Å². The Hall–Kier alpha value is -2.48. The summed E-state index contributed by atoms with van der Waals surface area (Å²) < 4.78 is 16.0. The number of carbonyl (C=O) groups is 2. The minimum Gasteiger partial charge on any atom is -0.493 e. The smallest absolute Gasteiger partial charge is 0.257 e. The second-order valence-electron chi connectivity index (χ2n) is 7.84. The first-order valence-electron chi connectivity index (χ1n) is 9.28. The number of amides is 2. The standard InChI is InChI=1S/C20H31N3O5/c1-20(2,3)17(21)19(25)23-11-9-22(10-12-23)18(24)13-7-8-14(26-4)16(28-6)15(13)27-5/h7-8,17H,9-12,21H2,1-6H3/t17-/m1/s1. The van der Waals surface area contributed by atoms with Crippen LogP contribution in [0.2, 0.25) is 0 Å². The SMILES string of the molecule is COc1ccc(C(=O)N2CCN(C(=O)[C@@H](N)C(C)(C)C)CC2)c(OC)c1OC. The van der Waals surface area contributed by atoms with E-state index in [-0.39, 0.29) is 17.2 Å². The number of rotatable bonds is 5. The number of hydrogen-bond acceptors (Lipinski definition) is 6. The van der Waals surface area contributed by atoms with Crippen LogP contribution in [0.1, 0.15) is 31.1 Å². The van der Waals surface area contributed by atoms with Crippen LogP contribution in [0.4, 0.5) is 0 Å². The summed E-state index contributed by atoms with van der Waals surface area (Å²) in [4.78, 5) is 29.1. The molecule has 2 N–H and O–H groups in total. The van der Waals surface area contributed by atoms with Crippen LogP contribution in [0.3, 0.4) is 0 Å². The highest BCUT2D eigenvalue weighted by Gasteiger charge is 2.34. The second kappa shape index (κ2) is 8.68. The number of ether oxygens (including phenoxy) is 3. The number of benzene rings is 1. The summed E-state index contributed by atoms with van der Waals surface area (Å²) in [5, 5.41) is 0. The monoisotopic (exact) mass is 393 g/mol. The predicted molar refractivity (Wildman–Crippen MR) is 106 cm³/mol. The Balaban J connectivity index is 2.13. The average molecular weight is 393 g/mol. The van der Waals surface area contributed by atoms with E-state index in [2.05, 4.69) is 0 Å². The van der Waals surface area contributed by atoms with Gasteiger partial charge in [-0.2, -0.15) is 0 Å². The molecule has 1 heterocycles. The second-order valence-corrected chi connectivity index (χ2v) is 7.84. The lowest BCUT2D eigenvalue weighted by Crippen LogP contribution is -2.57. The highest BCUT2D eigenvalue weighted by molar-refractivity contribution is 5.98. The number of piperazine rings is 1. The van der Waals surface area contributed by atoms with Gasteiger partial charge in [0.1, 0.15) is 0 Å². The molecule has 1 fully saturated rings. The average Bonchev–Trinajstić information content (AvgIpc) is 2.70. The van der Waals surface area contributed by atoms with E-state index >= 15 is 0 Å². The summed E-state index contributed by atoms with van der Waals surface area (Å²) in [6, 6.07) is 2.77. The summed E-state index contributed by atoms with van der Waals surface area (Å²) in [6.07, 6.45) is 0. The van der Waals surface area contributed by atoms with Crippen LogP contribution in [-0.4, -0.2) is 75.2 Å². The fourth-order valence-electron chi connectivity index (χ4n) is 3.14. The molecule has 0 spiro atoms. The molecule has 0 aliphatic carbocycles. The van der Waals surface area contributed by atoms with E-state index in [1.807, 2.05) is 20.8 Å². The third-order valence-electron chi connectivity index (χ3n) is 5.01. The lowest BCUT2D eigenvalue weighted by atomic mass is 9.86. The maximum absolute atomic E-state index is 13.0. The third-order valence-corrected chi connectivity index (χ3v) is 5.01. The molecule has 1 atom stereocenters. The Kier molecular flexibility index (Phi) is 6.77. The van der Waals surface area contributed by atoms with Crippen molar-refractivity contribution in [3.8, 4) is 17.2 Å². The first-order valence-corrected chi connectivity index (χ1v) is 9.28. The van der Waals surface area contributed by atoms with Crippen molar-refractivity contribution in [2.45, 2.75) is 26.8 Å². The van der Waals surface area contributed by atoms with Gasteiger partial charge in [-0.25, -0.2) is 0 Å². The van der Waals surface area contributed by atoms with Crippen LogP contribution in [0.15, 0.2) is 12.1 Å². The molecule has 2 rings (SSSR count). The van der Waals surface area contributed by atoms with E-state index in [9.17, 15) is 9.59 Å². The maximum atomic E-state index is 13.0. The van der Waals surface area contributed by atoms with Gasteiger partial charge in [0.05, 0.1) is 32.9 Å². The van der Waals surface area contributed by atoms with Crippen molar-refractivity contribution in [2.24, 2.45) is 11.1 Å². The van der Waals surface area contributed by atoms with Crippen molar-refractivity contribution in [1.82, 2.24) is 9.80 Å². The molecule has 1 aliphatic rings. The Morgan fingerprint density at radius 3 is 1.93 bits per heavy atom. The molecule has 0 bridgehead atoms. The molecule has 8 nitrogen and oxygen atoms in total. The van der Waals surface area contributed by atoms with Crippen LogP contribution in [0, 0.1) is 5.41 Å². The lowest BCUT2D eigenvalue weighted by Gasteiger charge is -2.38. The van der Waals surface area contributed by atoms with Crippen LogP contribution in [-0.2, 0) is 4.79 Å². The van der Waals surface area contributed by atoms with Gasteiger partial charge in [-0.15, -0.1) is 0 Å². The molecular weight excluding hydrogens is 362 g/mol. The zero-order chi connectivity index (χ0) is 21.1. The van der Waals surface area contributed by atoms with Crippen molar-refractivity contribution >= 4 is 11.8 Å². The van der Waals surface area contributed by atoms with Gasteiger partial charge >= 0.3 is 0 Å². The first kappa shape index (κ1) is 21.8. The molecule has 0 saturated carbocycles. The van der Waals surface area contributed by atoms with Crippen LogP contribution < -0.4 is 19.9 Å². The van der Waals surface area contributed by atoms with Gasteiger partial charge in [-0.05, 0) is 17.5 Å². The Labute approximate surface area is 166 Å². The van der Waals surface area contributed by atoms with E-state index < -0.39 is 6.04 Å². The predicted octanol–water partition coefficient (Wildman–Crippen LogP) is 1.37. The zero-order valence-corrected chi connectivity index (χ0v) is 17.6. The summed E-state index contributed by atoms with van der Waals surface area (Å²) in [6.45, 7) is 7.59. The highest BCUT2D eigenvalue weighted by Crippen LogP contribution is 2.40. The zero-order valence-electron chi connectivity index (χ0n) is 17.6. The fraction of sp³-hybridized carbons (Fsp3) is 0.600. The number of hydrogen-bond donors (Lipinski definition) is 1. The normalized spacial score (nSPS) is 15.8. The lowest BCUT2D eigenvalue weighted by molar-refractivity contribution is -0.136. The number of methoxy groups -OCH3 is 3. The number of nitrogens with zero attached hydrogens (tertiary/aromatic N) is 2. The summed E-state index contributed by atoms with van der Waals surface area (Å²) in [5.41, 5.74) is 6.18. The van der Waals surface area contributed by atoms with Crippen molar-refractivity contribution < 1.29 is 23.8 Å². The van der Waals surface area contributed by atoms with E-state index in [1.165, 1.54) is 21.3 Å². The molecule has 8 heteroatoms. The van der Waals surface area contributed by atoms with E-state index in [1.54, 1.807) is 21.9 Å². The van der Waals surface area contributed by atoms with Crippen molar-refractivity contribution in [2.75, 3.05) is 47.5 Å². The molecular formula is C20H31N3O5. The molecule has 1 aliphatic heterocycles. The number of nitrogens with two attached hydrogens (primary N) is 1. The van der Waals surface area contributed by atoms with Gasteiger partial charge in [0.15, 0.2) is 11.5 Å². The van der Waals surface area contributed by atoms with E-state index in [0.29, 0.717) is 49.0 Å². The molecule has 0 unspecified atom stereocenters. The number of carbonyl (C=O) groups excluding carboxylic acids is 2. The summed E-state index contributed by atoms with van der Waals surface area (Å²) >= 11 is 0. The van der Waals surface area contributed by atoms with E-state index in [4.69, 9.17) is 19.9 Å². The summed E-state index contributed by atoms with van der Waals surface area (Å²) in [7, 11) is 4.51. The molecule has 0 aromatic heterocycles. The Morgan fingerprint density at radius 1 is 0.929 bits per heavy atom. The fourth-order valence-corrected chi connectivity index (χ4v) is 3.14. The van der Waals surface area contributed by atoms with Crippen molar-refractivity contribution in [3.63, 3.8) is 0 Å². The minimum atomic E-state index is -0.569. The van der Waals surface area contributed by atoms with Gasteiger partial charge in [0.25, 0.3) is 5.91 Å². The largest absolute Gasteiger partial charge is 0.493 e. The van der Waals surface area contributed by atoms with Gasteiger partial charge in [-0.1, -0.05) is 20.8 Å². The van der Waals surface area contributed by atoms with Gasteiger partial charge in [0, 0.05) is 26.2 Å². The van der Waals surface area contributed by atoms with Gasteiger partial charge in [-0.3, -0.25) is 9.59 Å². The molecule has 156 valence electrons. The molecule has 2 amide bonds. The highest BCUT2D eigenvalue weighted by atomic mass is 16.5. The molecule has 0 radical (unpaired) electrons. The van der Waals surface area contributed by atoms with Gasteiger partial charge < -0.3 is 29.7 Å². The van der Waals surface area contributed by atoms with Crippen molar-refractivity contribution in [1.29, 1.82) is 0 Å². The topological polar surface area (TPSA) is 94.3 Å². The molecule has 1 aromatic carbocycles. The molecule has 1 saturated heterocycles. The minimum absolute atomic E-state index is 0.0803. The molecule has 1 aromatic rings. The van der Waals surface area contributed by atoms with Crippen molar-refractivity contribution in [3.05, 3.63) is 17.7 Å². The third kappa shape index (κ3) is 4.32. The maximum Gasteiger partial charge on any atom is 0.257 e. The summed E-state index contributed by atoms with van der Waals surface area (Å²) in [5.74, 6) is 0.941.